The van der Waals surface area contributed by atoms with Crippen LogP contribution in [0, 0.1) is 5.82 Å². The van der Waals surface area contributed by atoms with Crippen LogP contribution in [0.1, 0.15) is 11.1 Å². The van der Waals surface area contributed by atoms with Crippen LogP contribution in [0.3, 0.4) is 0 Å². The Balaban J connectivity index is 1.61. The minimum absolute atomic E-state index is 0.0781. The fourth-order valence-electron chi connectivity index (χ4n) is 2.24. The number of esters is 1. The third-order valence-electron chi connectivity index (χ3n) is 3.42. The molecule has 0 radical (unpaired) electrons. The highest BCUT2D eigenvalue weighted by Gasteiger charge is 2.12. The number of hydrogen-bond acceptors (Lipinski definition) is 5. The Bertz CT molecular complexity index is 785. The van der Waals surface area contributed by atoms with Gasteiger partial charge in [0.05, 0.1) is 7.11 Å². The third kappa shape index (κ3) is 3.65. The van der Waals surface area contributed by atoms with Gasteiger partial charge >= 0.3 is 5.97 Å². The number of rotatable bonds is 5. The number of halogens is 1. The minimum atomic E-state index is -0.543. The van der Waals surface area contributed by atoms with Crippen molar-refractivity contribution in [1.29, 1.82) is 0 Å². The predicted molar refractivity (Wildman–Crippen MR) is 84.3 cm³/mol. The number of ether oxygens (including phenoxy) is 4. The van der Waals surface area contributed by atoms with Crippen LogP contribution in [0.15, 0.2) is 42.5 Å². The third-order valence-corrected chi connectivity index (χ3v) is 3.42. The number of benzene rings is 2. The standard InChI is InChI=1S/C18H15FO5/c1-21-15-6-4-14(19)9-13(15)10-22-18(20)7-3-12-2-5-16-17(8-12)24-11-23-16/h2-9H,10-11H2,1H3/b7-3+. The van der Waals surface area contributed by atoms with Crippen LogP contribution in [0.4, 0.5) is 4.39 Å². The largest absolute Gasteiger partial charge is 0.496 e. The van der Waals surface area contributed by atoms with Crippen LogP contribution in [0.2, 0.25) is 0 Å². The lowest BCUT2D eigenvalue weighted by Crippen LogP contribution is -2.02. The van der Waals surface area contributed by atoms with Crippen LogP contribution in [0.25, 0.3) is 6.08 Å². The Morgan fingerprint density at radius 2 is 2.04 bits per heavy atom. The zero-order valence-electron chi connectivity index (χ0n) is 13.0. The highest BCUT2D eigenvalue weighted by atomic mass is 19.1. The van der Waals surface area contributed by atoms with Crippen molar-refractivity contribution in [3.05, 3.63) is 59.4 Å². The Kier molecular flexibility index (Phi) is 4.65. The summed E-state index contributed by atoms with van der Waals surface area (Å²) in [5.74, 6) is 0.809. The van der Waals surface area contributed by atoms with Gasteiger partial charge in [0.25, 0.3) is 0 Å². The molecule has 0 atom stereocenters. The quantitative estimate of drug-likeness (QED) is 0.622. The predicted octanol–water partition coefficient (Wildman–Crippen LogP) is 3.32. The summed E-state index contributed by atoms with van der Waals surface area (Å²) < 4.78 is 34.0. The molecule has 0 aromatic heterocycles. The van der Waals surface area contributed by atoms with E-state index < -0.39 is 11.8 Å². The zero-order chi connectivity index (χ0) is 16.9. The molecule has 0 unspecified atom stereocenters. The molecule has 2 aromatic carbocycles. The average molecular weight is 330 g/mol. The Morgan fingerprint density at radius 1 is 1.21 bits per heavy atom. The van der Waals surface area contributed by atoms with Crippen LogP contribution in [-0.4, -0.2) is 19.9 Å². The van der Waals surface area contributed by atoms with Gasteiger partial charge in [0.15, 0.2) is 11.5 Å². The Labute approximate surface area is 138 Å². The zero-order valence-corrected chi connectivity index (χ0v) is 13.0. The van der Waals surface area contributed by atoms with E-state index in [1.54, 1.807) is 24.3 Å². The van der Waals surface area contributed by atoms with E-state index >= 15 is 0 Å². The molecule has 0 aliphatic carbocycles. The highest BCUT2D eigenvalue weighted by Crippen LogP contribution is 2.32. The maximum absolute atomic E-state index is 13.3. The van der Waals surface area contributed by atoms with E-state index in [1.807, 2.05) is 0 Å². The number of carbonyl (C=O) groups is 1. The van der Waals surface area contributed by atoms with Crippen LogP contribution in [-0.2, 0) is 16.1 Å². The summed E-state index contributed by atoms with van der Waals surface area (Å²) in [6.07, 6.45) is 2.90. The lowest BCUT2D eigenvalue weighted by atomic mass is 10.2. The summed E-state index contributed by atoms with van der Waals surface area (Å²) in [6.45, 7) is 0.116. The molecule has 24 heavy (non-hydrogen) atoms. The van der Waals surface area contributed by atoms with Crippen molar-refractivity contribution < 1.29 is 28.1 Å². The van der Waals surface area contributed by atoms with Gasteiger partial charge in [-0.1, -0.05) is 6.07 Å². The molecule has 0 fully saturated rings. The molecule has 3 rings (SSSR count). The molecule has 1 heterocycles. The molecule has 0 saturated heterocycles. The van der Waals surface area contributed by atoms with Gasteiger partial charge < -0.3 is 18.9 Å². The fourth-order valence-corrected chi connectivity index (χ4v) is 2.24. The molecule has 2 aromatic rings. The maximum Gasteiger partial charge on any atom is 0.331 e. The molecular weight excluding hydrogens is 315 g/mol. The van der Waals surface area contributed by atoms with Crippen LogP contribution >= 0.6 is 0 Å². The van der Waals surface area contributed by atoms with E-state index in [0.29, 0.717) is 22.8 Å². The fraction of sp³-hybridized carbons (Fsp3) is 0.167. The number of carbonyl (C=O) groups excluding carboxylic acids is 1. The summed E-state index contributed by atoms with van der Waals surface area (Å²) in [7, 11) is 1.47. The molecule has 5 nitrogen and oxygen atoms in total. The number of methoxy groups -OCH3 is 1. The van der Waals surface area contributed by atoms with Crippen molar-refractivity contribution in [2.24, 2.45) is 0 Å². The SMILES string of the molecule is COc1ccc(F)cc1COC(=O)/C=C/c1ccc2c(c1)OCO2. The molecule has 1 aliphatic rings. The van der Waals surface area contributed by atoms with E-state index in [2.05, 4.69) is 0 Å². The lowest BCUT2D eigenvalue weighted by molar-refractivity contribution is -0.138. The first kappa shape index (κ1) is 15.9. The van der Waals surface area contributed by atoms with Gasteiger partial charge in [-0.3, -0.25) is 0 Å². The first-order chi connectivity index (χ1) is 11.7. The van der Waals surface area contributed by atoms with Gasteiger partial charge in [-0.05, 0) is 42.0 Å². The van der Waals surface area contributed by atoms with Crippen molar-refractivity contribution in [3.8, 4) is 17.2 Å². The molecule has 0 spiro atoms. The van der Waals surface area contributed by atoms with Gasteiger partial charge in [-0.25, -0.2) is 9.18 Å². The summed E-state index contributed by atoms with van der Waals surface area (Å²) in [5, 5.41) is 0. The molecule has 1 aliphatic heterocycles. The van der Waals surface area contributed by atoms with Crippen molar-refractivity contribution in [3.63, 3.8) is 0 Å². The van der Waals surface area contributed by atoms with E-state index in [1.165, 1.54) is 31.4 Å². The summed E-state index contributed by atoms with van der Waals surface area (Å²) in [4.78, 5) is 11.8. The molecule has 0 bridgehead atoms. The first-order valence-corrected chi connectivity index (χ1v) is 7.22. The summed E-state index contributed by atoms with van der Waals surface area (Å²) in [5.41, 5.74) is 1.24. The van der Waals surface area contributed by atoms with E-state index in [4.69, 9.17) is 18.9 Å². The molecule has 0 amide bonds. The average Bonchev–Trinajstić information content (AvgIpc) is 3.06. The lowest BCUT2D eigenvalue weighted by Gasteiger charge is -2.08. The Morgan fingerprint density at radius 3 is 2.88 bits per heavy atom. The smallest absolute Gasteiger partial charge is 0.331 e. The summed E-state index contributed by atoms with van der Waals surface area (Å²) in [6, 6.07) is 9.37. The summed E-state index contributed by atoms with van der Waals surface area (Å²) >= 11 is 0. The van der Waals surface area contributed by atoms with E-state index in [0.717, 1.165) is 5.56 Å². The highest BCUT2D eigenvalue weighted by molar-refractivity contribution is 5.87. The second kappa shape index (κ2) is 7.04. The van der Waals surface area contributed by atoms with Crippen LogP contribution in [0.5, 0.6) is 17.2 Å². The number of hydrogen-bond donors (Lipinski definition) is 0. The molecule has 6 heteroatoms. The topological polar surface area (TPSA) is 54.0 Å². The normalized spacial score (nSPS) is 12.4. The van der Waals surface area contributed by atoms with E-state index in [-0.39, 0.29) is 13.4 Å². The first-order valence-electron chi connectivity index (χ1n) is 7.22. The van der Waals surface area contributed by atoms with Crippen molar-refractivity contribution in [2.75, 3.05) is 13.9 Å². The molecule has 0 saturated carbocycles. The van der Waals surface area contributed by atoms with Crippen LogP contribution < -0.4 is 14.2 Å². The molecule has 0 N–H and O–H groups in total. The molecule has 124 valence electrons. The van der Waals surface area contributed by atoms with Crippen molar-refractivity contribution in [2.45, 2.75) is 6.61 Å². The number of fused-ring (bicyclic) bond motifs is 1. The van der Waals surface area contributed by atoms with E-state index in [9.17, 15) is 9.18 Å². The van der Waals surface area contributed by atoms with Gasteiger partial charge in [0, 0.05) is 11.6 Å². The minimum Gasteiger partial charge on any atom is -0.496 e. The second-order valence-corrected chi connectivity index (χ2v) is 5.01. The van der Waals surface area contributed by atoms with Gasteiger partial charge in [0.2, 0.25) is 6.79 Å². The van der Waals surface area contributed by atoms with Gasteiger partial charge in [-0.15, -0.1) is 0 Å². The second-order valence-electron chi connectivity index (χ2n) is 5.01. The van der Waals surface area contributed by atoms with Gasteiger partial charge in [-0.2, -0.15) is 0 Å². The van der Waals surface area contributed by atoms with Gasteiger partial charge in [0.1, 0.15) is 18.2 Å². The Hall–Kier alpha value is -3.02. The monoisotopic (exact) mass is 330 g/mol. The van der Waals surface area contributed by atoms with Crippen molar-refractivity contribution in [1.82, 2.24) is 0 Å². The maximum atomic E-state index is 13.3. The molecular formula is C18H15FO5. The van der Waals surface area contributed by atoms with Crippen molar-refractivity contribution >= 4 is 12.0 Å².